The van der Waals surface area contributed by atoms with Gasteiger partial charge in [0.2, 0.25) is 0 Å². The maximum atomic E-state index is 2.42. The third-order valence-corrected chi connectivity index (χ3v) is 0. The summed E-state index contributed by atoms with van der Waals surface area (Å²) >= 11 is 0. The Balaban J connectivity index is 0. The van der Waals surface area contributed by atoms with Gasteiger partial charge in [0, 0.05) is 19.5 Å². The van der Waals surface area contributed by atoms with Gasteiger partial charge in [-0.2, -0.15) is 18.2 Å². The van der Waals surface area contributed by atoms with Gasteiger partial charge in [-0.15, -0.1) is 0 Å². The molecule has 0 bridgehead atoms. The fraction of sp³-hybridized carbons (Fsp3) is 0. The molecule has 4 heteroatoms. The maximum Gasteiger partial charge on any atom is 0.165 e. The van der Waals surface area contributed by atoms with Crippen LogP contribution in [0.2, 0.25) is 0 Å². The Labute approximate surface area is 44.8 Å². The Bertz CT molecular complexity index is 6.00. The SMILES string of the molecule is P[B]P.[Zn]. The van der Waals surface area contributed by atoms with Crippen LogP contribution in [0.15, 0.2) is 0 Å². The summed E-state index contributed by atoms with van der Waals surface area (Å²) in [6.45, 7) is 1.83. The van der Waals surface area contributed by atoms with E-state index in [0.717, 1.165) is 0 Å². The molecule has 2 unspecified atom stereocenters. The minimum absolute atomic E-state index is 0. The Morgan fingerprint density at radius 3 is 1.25 bits per heavy atom. The number of hydrogen-bond acceptors (Lipinski definition) is 0. The Kier molecular flexibility index (Phi) is 20.1. The summed E-state index contributed by atoms with van der Waals surface area (Å²) < 4.78 is 0. The van der Waals surface area contributed by atoms with Crippen molar-refractivity contribution < 1.29 is 19.5 Å². The Morgan fingerprint density at radius 2 is 1.25 bits per heavy atom. The molecule has 19 valence electrons. The molecule has 0 aromatic carbocycles. The van der Waals surface area contributed by atoms with Gasteiger partial charge in [0.1, 0.15) is 0 Å². The van der Waals surface area contributed by atoms with E-state index in [1.165, 1.54) is 0 Å². The van der Waals surface area contributed by atoms with Crippen molar-refractivity contribution in [1.82, 2.24) is 0 Å². The summed E-state index contributed by atoms with van der Waals surface area (Å²) in [5.74, 6) is 0. The Morgan fingerprint density at radius 1 is 1.25 bits per heavy atom. The molecule has 4 heavy (non-hydrogen) atoms. The molecule has 0 N–H and O–H groups in total. The van der Waals surface area contributed by atoms with Crippen LogP contribution in [0, 0.1) is 0 Å². The molecule has 1 radical (unpaired) electrons. The fourth-order valence-electron chi connectivity index (χ4n) is 0. The van der Waals surface area contributed by atoms with E-state index in [9.17, 15) is 0 Å². The van der Waals surface area contributed by atoms with Crippen LogP contribution in [-0.4, -0.2) is 6.72 Å². The zero-order valence-electron chi connectivity index (χ0n) is 2.44. The van der Waals surface area contributed by atoms with E-state index in [2.05, 4.69) is 18.2 Å². The molecule has 0 heterocycles. The summed E-state index contributed by atoms with van der Waals surface area (Å²) in [5, 5.41) is 0. The zero-order valence-corrected chi connectivity index (χ0v) is 7.72. The molecular weight excluding hydrogens is 138 g/mol. The smallest absolute Gasteiger partial charge is 0.165 e. The van der Waals surface area contributed by atoms with E-state index >= 15 is 0 Å². The predicted octanol–water partition coefficient (Wildman–Crippen LogP) is 0.268. The van der Waals surface area contributed by atoms with E-state index in [-0.39, 0.29) is 19.5 Å². The van der Waals surface area contributed by atoms with Gasteiger partial charge in [0.25, 0.3) is 0 Å². The summed E-state index contributed by atoms with van der Waals surface area (Å²) in [7, 11) is 4.83. The van der Waals surface area contributed by atoms with Crippen molar-refractivity contribution in [3.8, 4) is 0 Å². The van der Waals surface area contributed by atoms with Gasteiger partial charge in [0.05, 0.1) is 0 Å². The summed E-state index contributed by atoms with van der Waals surface area (Å²) in [6.07, 6.45) is 0. The van der Waals surface area contributed by atoms with Crippen molar-refractivity contribution >= 4 is 25.0 Å². The summed E-state index contributed by atoms with van der Waals surface area (Å²) in [5.41, 5.74) is 0. The third kappa shape index (κ3) is 9.61. The van der Waals surface area contributed by atoms with Crippen LogP contribution in [0.1, 0.15) is 0 Å². The van der Waals surface area contributed by atoms with Crippen molar-refractivity contribution in [2.75, 3.05) is 0 Å². The zero-order chi connectivity index (χ0) is 2.71. The molecule has 0 spiro atoms. The topological polar surface area (TPSA) is 0 Å². The van der Waals surface area contributed by atoms with Crippen molar-refractivity contribution in [3.05, 3.63) is 0 Å². The standard InChI is InChI=1S/BH4P2.Zn/c2-1-3;/h2-3H2;. The molecule has 0 aliphatic rings. The van der Waals surface area contributed by atoms with Gasteiger partial charge in [-0.1, -0.05) is 0 Å². The van der Waals surface area contributed by atoms with Crippen molar-refractivity contribution in [3.63, 3.8) is 0 Å². The van der Waals surface area contributed by atoms with Gasteiger partial charge in [-0.25, -0.2) is 0 Å². The van der Waals surface area contributed by atoms with Crippen LogP contribution in [0.3, 0.4) is 0 Å². The average molecular weight is 142 g/mol. The largest absolute Gasteiger partial charge is 0.173 e. The van der Waals surface area contributed by atoms with Crippen LogP contribution in [0.5, 0.6) is 0 Å². The van der Waals surface area contributed by atoms with Gasteiger partial charge in [-0.3, -0.25) is 0 Å². The molecule has 0 aromatic rings. The van der Waals surface area contributed by atoms with Crippen LogP contribution >= 0.6 is 18.2 Å². The molecule has 0 amide bonds. The van der Waals surface area contributed by atoms with Crippen LogP contribution in [0.25, 0.3) is 0 Å². The second kappa shape index (κ2) is 8.82. The fourth-order valence-corrected chi connectivity index (χ4v) is 0. The third-order valence-electron chi connectivity index (χ3n) is 0. The van der Waals surface area contributed by atoms with E-state index in [4.69, 9.17) is 0 Å². The van der Waals surface area contributed by atoms with Gasteiger partial charge >= 0.3 is 0 Å². The van der Waals surface area contributed by atoms with E-state index in [1.807, 2.05) is 6.72 Å². The molecule has 0 aliphatic carbocycles. The number of hydrogen-bond donors (Lipinski definition) is 0. The molecule has 0 nitrogen and oxygen atoms in total. The minimum Gasteiger partial charge on any atom is -0.173 e. The molecule has 2 atom stereocenters. The maximum absolute atomic E-state index is 2.42. The molecule has 0 fully saturated rings. The molecule has 0 aliphatic heterocycles. The first-order valence-corrected chi connectivity index (χ1v) is 2.00. The predicted molar refractivity (Wildman–Crippen MR) is 25.2 cm³/mol. The van der Waals surface area contributed by atoms with Gasteiger partial charge in [-0.05, 0) is 0 Å². The normalized spacial score (nSPS) is 3.50. The van der Waals surface area contributed by atoms with Gasteiger partial charge in [0.15, 0.2) is 6.72 Å². The van der Waals surface area contributed by atoms with E-state index < -0.39 is 0 Å². The minimum atomic E-state index is 0. The van der Waals surface area contributed by atoms with Crippen molar-refractivity contribution in [1.29, 1.82) is 0 Å². The molecule has 0 aromatic heterocycles. The van der Waals surface area contributed by atoms with Crippen molar-refractivity contribution in [2.45, 2.75) is 0 Å². The van der Waals surface area contributed by atoms with E-state index in [1.54, 1.807) is 0 Å². The second-order valence-electron chi connectivity index (χ2n) is 0.192. The van der Waals surface area contributed by atoms with E-state index in [0.29, 0.717) is 0 Å². The van der Waals surface area contributed by atoms with Crippen LogP contribution < -0.4 is 0 Å². The summed E-state index contributed by atoms with van der Waals surface area (Å²) in [4.78, 5) is 0. The first kappa shape index (κ1) is 9.12. The first-order chi connectivity index (χ1) is 1.41. The Hall–Kier alpha value is 1.55. The van der Waals surface area contributed by atoms with Crippen molar-refractivity contribution in [2.24, 2.45) is 0 Å². The molecular formula is H4BP2Zn. The monoisotopic (exact) mass is 141 g/mol. The van der Waals surface area contributed by atoms with Crippen LogP contribution in [-0.2, 0) is 19.5 Å². The van der Waals surface area contributed by atoms with Crippen LogP contribution in [0.4, 0.5) is 0 Å². The number of rotatable bonds is 0. The first-order valence-electron chi connectivity index (χ1n) is 0.667. The van der Waals surface area contributed by atoms with Gasteiger partial charge < -0.3 is 0 Å². The second-order valence-corrected chi connectivity index (χ2v) is 1.73. The molecule has 0 saturated heterocycles. The summed E-state index contributed by atoms with van der Waals surface area (Å²) in [6, 6.07) is 0. The molecule has 0 saturated carbocycles. The quantitative estimate of drug-likeness (QED) is 0.336. The average Bonchev–Trinajstić information content (AvgIpc) is 0.918. The molecule has 0 rings (SSSR count).